The number of benzene rings is 2. The molecule has 0 atom stereocenters. The molecule has 5 nitrogen and oxygen atoms in total. The summed E-state index contributed by atoms with van der Waals surface area (Å²) in [6.07, 6.45) is 0. The molecule has 0 aromatic heterocycles. The van der Waals surface area contributed by atoms with Gasteiger partial charge in [-0.1, -0.05) is 18.2 Å². The molecule has 2 aromatic rings. The van der Waals surface area contributed by atoms with E-state index in [0.717, 1.165) is 0 Å². The topological polar surface area (TPSA) is 72.6 Å². The van der Waals surface area contributed by atoms with Crippen molar-refractivity contribution in [3.05, 3.63) is 48.5 Å². The van der Waals surface area contributed by atoms with Gasteiger partial charge in [0.15, 0.2) is 0 Å². The Morgan fingerprint density at radius 2 is 1.81 bits per heavy atom. The Labute approximate surface area is 125 Å². The predicted molar refractivity (Wildman–Crippen MR) is 84.1 cm³/mol. The van der Waals surface area contributed by atoms with Gasteiger partial charge in [-0.25, -0.2) is 8.42 Å². The van der Waals surface area contributed by atoms with Crippen LogP contribution in [-0.2, 0) is 10.0 Å². The maximum Gasteiger partial charge on any atom is 0.268 e. The fourth-order valence-electron chi connectivity index (χ4n) is 2.10. The van der Waals surface area contributed by atoms with Crippen molar-refractivity contribution in [3.8, 4) is 5.75 Å². The third-order valence-corrected chi connectivity index (χ3v) is 5.03. The lowest BCUT2D eigenvalue weighted by atomic mass is 10.3. The molecule has 2 rings (SSSR count). The monoisotopic (exact) mass is 306 g/mol. The second kappa shape index (κ2) is 6.05. The SMILES string of the molecule is CCN(c1ccccc1)S(=O)(=O)c1ccc(N)cc1OC. The van der Waals surface area contributed by atoms with Gasteiger partial charge in [-0.15, -0.1) is 0 Å². The zero-order chi connectivity index (χ0) is 15.5. The number of nitrogen functional groups attached to an aromatic ring is 1. The summed E-state index contributed by atoms with van der Waals surface area (Å²) in [6.45, 7) is 2.11. The Kier molecular flexibility index (Phi) is 4.37. The molecule has 2 aromatic carbocycles. The molecule has 0 saturated carbocycles. The lowest BCUT2D eigenvalue weighted by Gasteiger charge is -2.24. The molecule has 0 heterocycles. The summed E-state index contributed by atoms with van der Waals surface area (Å²) in [5.74, 6) is 0.240. The van der Waals surface area contributed by atoms with Crippen molar-refractivity contribution in [1.29, 1.82) is 0 Å². The number of para-hydroxylation sites is 1. The van der Waals surface area contributed by atoms with E-state index in [0.29, 0.717) is 17.9 Å². The standard InChI is InChI=1S/C15H18N2O3S/c1-3-17(13-7-5-4-6-8-13)21(18,19)15-10-9-12(16)11-14(15)20-2/h4-11H,3,16H2,1-2H3. The van der Waals surface area contributed by atoms with E-state index in [1.165, 1.54) is 23.5 Å². The minimum atomic E-state index is -3.71. The molecule has 21 heavy (non-hydrogen) atoms. The summed E-state index contributed by atoms with van der Waals surface area (Å²) in [6, 6.07) is 13.5. The Morgan fingerprint density at radius 3 is 2.38 bits per heavy atom. The van der Waals surface area contributed by atoms with Crippen molar-refractivity contribution in [2.24, 2.45) is 0 Å². The molecule has 2 N–H and O–H groups in total. The molecule has 6 heteroatoms. The summed E-state index contributed by atoms with van der Waals surface area (Å²) in [7, 11) is -2.29. The Hall–Kier alpha value is -2.21. The zero-order valence-electron chi connectivity index (χ0n) is 12.0. The molecule has 112 valence electrons. The second-order valence-electron chi connectivity index (χ2n) is 4.42. The van der Waals surface area contributed by atoms with Gasteiger partial charge < -0.3 is 10.5 Å². The molecule has 0 unspecified atom stereocenters. The molecular formula is C15H18N2O3S. The number of hydrogen-bond donors (Lipinski definition) is 1. The fraction of sp³-hybridized carbons (Fsp3) is 0.200. The number of methoxy groups -OCH3 is 1. The van der Waals surface area contributed by atoms with Gasteiger partial charge in [-0.2, -0.15) is 0 Å². The Morgan fingerprint density at radius 1 is 1.14 bits per heavy atom. The fourth-order valence-corrected chi connectivity index (χ4v) is 3.71. The molecule has 0 saturated heterocycles. The van der Waals surface area contributed by atoms with E-state index in [-0.39, 0.29) is 10.6 Å². The number of sulfonamides is 1. The van der Waals surface area contributed by atoms with Crippen molar-refractivity contribution < 1.29 is 13.2 Å². The smallest absolute Gasteiger partial charge is 0.268 e. The van der Waals surface area contributed by atoms with Crippen molar-refractivity contribution in [3.63, 3.8) is 0 Å². The summed E-state index contributed by atoms with van der Waals surface area (Å²) < 4.78 is 32.2. The summed E-state index contributed by atoms with van der Waals surface area (Å²) >= 11 is 0. The molecular weight excluding hydrogens is 288 g/mol. The van der Waals surface area contributed by atoms with E-state index in [2.05, 4.69) is 0 Å². The van der Waals surface area contributed by atoms with Crippen molar-refractivity contribution in [2.75, 3.05) is 23.7 Å². The van der Waals surface area contributed by atoms with E-state index in [1.54, 1.807) is 37.3 Å². The van der Waals surface area contributed by atoms with Crippen molar-refractivity contribution >= 4 is 21.4 Å². The third kappa shape index (κ3) is 2.95. The first-order valence-corrected chi connectivity index (χ1v) is 7.96. The predicted octanol–water partition coefficient (Wildman–Crippen LogP) is 2.49. The molecule has 0 spiro atoms. The minimum Gasteiger partial charge on any atom is -0.495 e. The summed E-state index contributed by atoms with van der Waals surface area (Å²) in [5.41, 5.74) is 6.74. The van der Waals surface area contributed by atoms with E-state index >= 15 is 0 Å². The average molecular weight is 306 g/mol. The van der Waals surface area contributed by atoms with Crippen LogP contribution in [0.2, 0.25) is 0 Å². The number of nitrogens with two attached hydrogens (primary N) is 1. The van der Waals surface area contributed by atoms with Gasteiger partial charge in [0.1, 0.15) is 10.6 Å². The molecule has 0 amide bonds. The van der Waals surface area contributed by atoms with Crippen LogP contribution < -0.4 is 14.8 Å². The van der Waals surface area contributed by atoms with Gasteiger partial charge in [0.2, 0.25) is 0 Å². The van der Waals surface area contributed by atoms with Crippen LogP contribution in [0.4, 0.5) is 11.4 Å². The highest BCUT2D eigenvalue weighted by Gasteiger charge is 2.27. The van der Waals surface area contributed by atoms with Crippen LogP contribution in [0.1, 0.15) is 6.92 Å². The summed E-state index contributed by atoms with van der Waals surface area (Å²) in [5, 5.41) is 0. The average Bonchev–Trinajstić information content (AvgIpc) is 2.48. The van der Waals surface area contributed by atoms with Crippen molar-refractivity contribution in [2.45, 2.75) is 11.8 Å². The lowest BCUT2D eigenvalue weighted by Crippen LogP contribution is -2.31. The van der Waals surface area contributed by atoms with Gasteiger partial charge in [0.25, 0.3) is 10.0 Å². The number of rotatable bonds is 5. The Bertz CT molecular complexity index is 715. The largest absolute Gasteiger partial charge is 0.495 e. The van der Waals surface area contributed by atoms with Crippen LogP contribution in [0.15, 0.2) is 53.4 Å². The number of nitrogens with zero attached hydrogens (tertiary/aromatic N) is 1. The van der Waals surface area contributed by atoms with Gasteiger partial charge in [-0.05, 0) is 31.2 Å². The number of ether oxygens (including phenoxy) is 1. The Balaban J connectivity index is 2.55. The van der Waals surface area contributed by atoms with Gasteiger partial charge >= 0.3 is 0 Å². The first kappa shape index (κ1) is 15.2. The maximum atomic E-state index is 12.9. The summed E-state index contributed by atoms with van der Waals surface area (Å²) in [4.78, 5) is 0.102. The normalized spacial score (nSPS) is 11.1. The van der Waals surface area contributed by atoms with Gasteiger partial charge in [-0.3, -0.25) is 4.31 Å². The van der Waals surface area contributed by atoms with Crippen LogP contribution in [-0.4, -0.2) is 22.1 Å². The van der Waals surface area contributed by atoms with Gasteiger partial charge in [0.05, 0.1) is 12.8 Å². The van der Waals surface area contributed by atoms with E-state index in [1.807, 2.05) is 6.07 Å². The van der Waals surface area contributed by atoms with E-state index in [9.17, 15) is 8.42 Å². The highest BCUT2D eigenvalue weighted by atomic mass is 32.2. The number of hydrogen-bond acceptors (Lipinski definition) is 4. The van der Waals surface area contributed by atoms with Crippen LogP contribution in [0, 0.1) is 0 Å². The van der Waals surface area contributed by atoms with Crippen LogP contribution in [0.3, 0.4) is 0 Å². The zero-order valence-corrected chi connectivity index (χ0v) is 12.8. The van der Waals surface area contributed by atoms with Crippen molar-refractivity contribution in [1.82, 2.24) is 0 Å². The van der Waals surface area contributed by atoms with Crippen LogP contribution >= 0.6 is 0 Å². The first-order valence-electron chi connectivity index (χ1n) is 6.52. The highest BCUT2D eigenvalue weighted by molar-refractivity contribution is 7.93. The van der Waals surface area contributed by atoms with Crippen LogP contribution in [0.25, 0.3) is 0 Å². The van der Waals surface area contributed by atoms with E-state index < -0.39 is 10.0 Å². The molecule has 0 bridgehead atoms. The third-order valence-electron chi connectivity index (χ3n) is 3.09. The van der Waals surface area contributed by atoms with Gasteiger partial charge in [0, 0.05) is 18.3 Å². The second-order valence-corrected chi connectivity index (χ2v) is 6.25. The minimum absolute atomic E-state index is 0.102. The molecule has 0 fully saturated rings. The van der Waals surface area contributed by atoms with E-state index in [4.69, 9.17) is 10.5 Å². The molecule has 0 radical (unpaired) electrons. The highest BCUT2D eigenvalue weighted by Crippen LogP contribution is 2.31. The maximum absolute atomic E-state index is 12.9. The molecule has 0 aliphatic heterocycles. The lowest BCUT2D eigenvalue weighted by molar-refractivity contribution is 0.403. The number of anilines is 2. The quantitative estimate of drug-likeness (QED) is 0.861. The van der Waals surface area contributed by atoms with Crippen LogP contribution in [0.5, 0.6) is 5.75 Å². The molecule has 0 aliphatic carbocycles. The first-order chi connectivity index (χ1) is 10.0. The molecule has 0 aliphatic rings.